The van der Waals surface area contributed by atoms with Crippen LogP contribution in [0.3, 0.4) is 0 Å². The van der Waals surface area contributed by atoms with Gasteiger partial charge in [-0.05, 0) is 55.8 Å². The third-order valence-electron chi connectivity index (χ3n) is 6.08. The van der Waals surface area contributed by atoms with E-state index in [0.29, 0.717) is 33.3 Å². The van der Waals surface area contributed by atoms with E-state index >= 15 is 0 Å². The summed E-state index contributed by atoms with van der Waals surface area (Å²) in [6.07, 6.45) is 0. The molecule has 8 nitrogen and oxygen atoms in total. The van der Waals surface area contributed by atoms with Crippen LogP contribution in [-0.2, 0) is 16.1 Å². The molecular weight excluding hydrogens is 472 g/mol. The predicted molar refractivity (Wildman–Crippen MR) is 136 cm³/mol. The lowest BCUT2D eigenvalue weighted by atomic mass is 10.0. The number of anilines is 1. The molecule has 1 aromatic heterocycles. The average molecular weight is 495 g/mol. The number of carbonyl (C=O) groups excluding carboxylic acids is 4. The van der Waals surface area contributed by atoms with E-state index in [9.17, 15) is 19.2 Å². The standard InChI is InChI=1S/C29H22N2O6/c1-3-36-28(34)19-13-11-18(12-14-19)16-37-29(35)20-7-6-8-21(15-20)31-26(32)24-17(2)30-23-10-5-4-9-22(23)25(24)27(31)33/h4-15H,3,16H2,1-2H3. The zero-order chi connectivity index (χ0) is 26.1. The van der Waals surface area contributed by atoms with Gasteiger partial charge in [0.1, 0.15) is 6.61 Å². The van der Waals surface area contributed by atoms with E-state index in [1.54, 1.807) is 74.5 Å². The molecule has 1 aliphatic rings. The number of hydrogen-bond acceptors (Lipinski definition) is 7. The van der Waals surface area contributed by atoms with Crippen molar-refractivity contribution in [2.75, 3.05) is 11.5 Å². The number of nitrogens with zero attached hydrogens (tertiary/aromatic N) is 2. The molecule has 5 rings (SSSR count). The van der Waals surface area contributed by atoms with Crippen LogP contribution in [0.25, 0.3) is 10.9 Å². The van der Waals surface area contributed by atoms with Crippen molar-refractivity contribution >= 4 is 40.3 Å². The van der Waals surface area contributed by atoms with Crippen molar-refractivity contribution in [1.82, 2.24) is 4.98 Å². The van der Waals surface area contributed by atoms with Gasteiger partial charge in [0.05, 0.1) is 45.8 Å². The number of hydrogen-bond donors (Lipinski definition) is 0. The monoisotopic (exact) mass is 494 g/mol. The number of imide groups is 1. The topological polar surface area (TPSA) is 103 Å². The first-order chi connectivity index (χ1) is 17.9. The SMILES string of the molecule is CCOC(=O)c1ccc(COC(=O)c2cccc(N3C(=O)c4c(C)nc5ccccc5c4C3=O)c2)cc1. The van der Waals surface area contributed by atoms with Crippen molar-refractivity contribution in [3.63, 3.8) is 0 Å². The van der Waals surface area contributed by atoms with Gasteiger partial charge in [0.15, 0.2) is 0 Å². The number of aromatic nitrogens is 1. The van der Waals surface area contributed by atoms with Gasteiger partial charge < -0.3 is 9.47 Å². The maximum absolute atomic E-state index is 13.4. The molecule has 0 fully saturated rings. The van der Waals surface area contributed by atoms with Crippen molar-refractivity contribution < 1.29 is 28.7 Å². The van der Waals surface area contributed by atoms with Crippen LogP contribution in [0.4, 0.5) is 5.69 Å². The first-order valence-corrected chi connectivity index (χ1v) is 11.7. The van der Waals surface area contributed by atoms with Gasteiger partial charge in [-0.1, -0.05) is 36.4 Å². The summed E-state index contributed by atoms with van der Waals surface area (Å²) < 4.78 is 10.4. The van der Waals surface area contributed by atoms with Crippen LogP contribution in [0.1, 0.15) is 59.6 Å². The minimum absolute atomic E-state index is 0.0178. The van der Waals surface area contributed by atoms with Crippen molar-refractivity contribution in [3.05, 3.63) is 106 Å². The molecule has 0 saturated heterocycles. The molecule has 0 radical (unpaired) electrons. The molecule has 2 amide bonds. The summed E-state index contributed by atoms with van der Waals surface area (Å²) in [5.41, 5.74) is 3.24. The third kappa shape index (κ3) is 4.33. The maximum atomic E-state index is 13.4. The van der Waals surface area contributed by atoms with E-state index in [-0.39, 0.29) is 30.0 Å². The van der Waals surface area contributed by atoms with Gasteiger partial charge in [-0.25, -0.2) is 14.5 Å². The zero-order valence-electron chi connectivity index (χ0n) is 20.2. The number of rotatable bonds is 6. The van der Waals surface area contributed by atoms with E-state index in [0.717, 1.165) is 4.90 Å². The van der Waals surface area contributed by atoms with Gasteiger partial charge in [-0.2, -0.15) is 0 Å². The van der Waals surface area contributed by atoms with Crippen molar-refractivity contribution in [2.24, 2.45) is 0 Å². The Hall–Kier alpha value is -4.85. The van der Waals surface area contributed by atoms with Crippen LogP contribution in [-0.4, -0.2) is 35.3 Å². The number of para-hydroxylation sites is 1. The fraction of sp³-hybridized carbons (Fsp3) is 0.138. The van der Waals surface area contributed by atoms with Crippen molar-refractivity contribution in [2.45, 2.75) is 20.5 Å². The summed E-state index contributed by atoms with van der Waals surface area (Å²) >= 11 is 0. The number of ether oxygens (including phenoxy) is 2. The average Bonchev–Trinajstić information content (AvgIpc) is 3.18. The lowest BCUT2D eigenvalue weighted by Gasteiger charge is -2.15. The first-order valence-electron chi connectivity index (χ1n) is 11.7. The molecule has 0 saturated carbocycles. The van der Waals surface area contributed by atoms with Gasteiger partial charge in [-0.3, -0.25) is 14.6 Å². The third-order valence-corrected chi connectivity index (χ3v) is 6.08. The summed E-state index contributed by atoms with van der Waals surface area (Å²) in [4.78, 5) is 56.8. The van der Waals surface area contributed by atoms with E-state index < -0.39 is 23.8 Å². The van der Waals surface area contributed by atoms with E-state index in [4.69, 9.17) is 9.47 Å². The fourth-order valence-corrected chi connectivity index (χ4v) is 4.32. The fourth-order valence-electron chi connectivity index (χ4n) is 4.32. The maximum Gasteiger partial charge on any atom is 0.338 e. The molecule has 3 aromatic carbocycles. The number of carbonyl (C=O) groups is 4. The first kappa shape index (κ1) is 23.9. The minimum Gasteiger partial charge on any atom is -0.462 e. The Morgan fingerprint density at radius 3 is 2.27 bits per heavy atom. The number of fused-ring (bicyclic) bond motifs is 3. The molecule has 184 valence electrons. The Morgan fingerprint density at radius 1 is 0.811 bits per heavy atom. The Labute approximate surface area is 212 Å². The van der Waals surface area contributed by atoms with E-state index in [1.165, 1.54) is 6.07 Å². The van der Waals surface area contributed by atoms with Crippen LogP contribution in [0.5, 0.6) is 0 Å². The second-order valence-corrected chi connectivity index (χ2v) is 8.45. The number of pyridine rings is 1. The molecular formula is C29H22N2O6. The summed E-state index contributed by atoms with van der Waals surface area (Å²) in [5.74, 6) is -1.98. The van der Waals surface area contributed by atoms with Gasteiger partial charge in [0, 0.05) is 5.39 Å². The molecule has 0 spiro atoms. The molecule has 0 aliphatic carbocycles. The highest BCUT2D eigenvalue weighted by molar-refractivity contribution is 6.37. The molecule has 8 heteroatoms. The summed E-state index contributed by atoms with van der Waals surface area (Å²) in [6.45, 7) is 3.70. The Balaban J connectivity index is 1.35. The molecule has 37 heavy (non-hydrogen) atoms. The van der Waals surface area contributed by atoms with E-state index in [1.807, 2.05) is 6.07 Å². The molecule has 0 unspecified atom stereocenters. The number of esters is 2. The minimum atomic E-state index is -0.615. The Morgan fingerprint density at radius 2 is 1.51 bits per heavy atom. The van der Waals surface area contributed by atoms with Crippen LogP contribution in [0.15, 0.2) is 72.8 Å². The molecule has 1 aliphatic heterocycles. The largest absolute Gasteiger partial charge is 0.462 e. The highest BCUT2D eigenvalue weighted by atomic mass is 16.5. The molecule has 4 aromatic rings. The van der Waals surface area contributed by atoms with Crippen molar-refractivity contribution in [1.29, 1.82) is 0 Å². The second kappa shape index (κ2) is 9.66. The lowest BCUT2D eigenvalue weighted by Crippen LogP contribution is -2.29. The molecule has 0 bridgehead atoms. The predicted octanol–water partition coefficient (Wildman–Crippen LogP) is 4.88. The lowest BCUT2D eigenvalue weighted by molar-refractivity contribution is 0.0469. The quantitative estimate of drug-likeness (QED) is 0.278. The van der Waals surface area contributed by atoms with Gasteiger partial charge in [0.25, 0.3) is 11.8 Å². The van der Waals surface area contributed by atoms with Crippen LogP contribution >= 0.6 is 0 Å². The highest BCUT2D eigenvalue weighted by Crippen LogP contribution is 2.34. The van der Waals surface area contributed by atoms with Crippen LogP contribution < -0.4 is 4.90 Å². The number of amides is 2. The van der Waals surface area contributed by atoms with Gasteiger partial charge in [-0.15, -0.1) is 0 Å². The van der Waals surface area contributed by atoms with Crippen molar-refractivity contribution in [3.8, 4) is 0 Å². The Kier molecular flexibility index (Phi) is 6.23. The van der Waals surface area contributed by atoms with Crippen LogP contribution in [0.2, 0.25) is 0 Å². The number of aryl methyl sites for hydroxylation is 1. The smallest absolute Gasteiger partial charge is 0.338 e. The van der Waals surface area contributed by atoms with E-state index in [2.05, 4.69) is 4.98 Å². The normalized spacial score (nSPS) is 12.5. The van der Waals surface area contributed by atoms with Gasteiger partial charge >= 0.3 is 11.9 Å². The van der Waals surface area contributed by atoms with Gasteiger partial charge in [0.2, 0.25) is 0 Å². The Bertz CT molecular complexity index is 1580. The molecule has 2 heterocycles. The second-order valence-electron chi connectivity index (χ2n) is 8.45. The molecule has 0 N–H and O–H groups in total. The molecule has 0 atom stereocenters. The van der Waals surface area contributed by atoms with Crippen LogP contribution in [0, 0.1) is 6.92 Å². The zero-order valence-corrected chi connectivity index (χ0v) is 20.2. The summed E-state index contributed by atoms with van der Waals surface area (Å²) in [7, 11) is 0. The summed E-state index contributed by atoms with van der Waals surface area (Å²) in [6, 6.07) is 19.9. The summed E-state index contributed by atoms with van der Waals surface area (Å²) in [5, 5.41) is 0.605. The highest BCUT2D eigenvalue weighted by Gasteiger charge is 2.40. The number of benzene rings is 3.